The first-order valence-corrected chi connectivity index (χ1v) is 7.66. The van der Waals surface area contributed by atoms with E-state index in [0.29, 0.717) is 17.8 Å². The van der Waals surface area contributed by atoms with Crippen molar-refractivity contribution < 1.29 is 13.6 Å². The van der Waals surface area contributed by atoms with Crippen LogP contribution in [0.15, 0.2) is 48.5 Å². The molecule has 1 amide bonds. The minimum atomic E-state index is -0.366. The van der Waals surface area contributed by atoms with E-state index in [9.17, 15) is 13.6 Å². The molecule has 5 heteroatoms. The molecule has 0 bridgehead atoms. The highest BCUT2D eigenvalue weighted by Crippen LogP contribution is 2.23. The summed E-state index contributed by atoms with van der Waals surface area (Å²) in [5.74, 6) is -0.914. The summed E-state index contributed by atoms with van der Waals surface area (Å²) in [6.07, 6.45) is 0.758. The van der Waals surface area contributed by atoms with Crippen LogP contribution in [0.25, 0.3) is 0 Å². The van der Waals surface area contributed by atoms with Crippen LogP contribution in [0.3, 0.4) is 0 Å². The molecule has 0 saturated carbocycles. The first kappa shape index (κ1) is 15.6. The van der Waals surface area contributed by atoms with Gasteiger partial charge in [0.05, 0.1) is 12.5 Å². The zero-order chi connectivity index (χ0) is 16.2. The third kappa shape index (κ3) is 3.56. The largest absolute Gasteiger partial charge is 0.316 e. The van der Waals surface area contributed by atoms with Gasteiger partial charge in [0.15, 0.2) is 0 Å². The lowest BCUT2D eigenvalue weighted by molar-refractivity contribution is -0.122. The molecule has 1 N–H and O–H groups in total. The van der Waals surface area contributed by atoms with Crippen molar-refractivity contribution in [3.63, 3.8) is 0 Å². The first-order chi connectivity index (χ1) is 11.1. The Morgan fingerprint density at radius 2 is 1.87 bits per heavy atom. The standard InChI is InChI=1S/C18H18F2N2O/c19-15-5-7-16(8-6-15)22(18(23)13-9-10-21-11-13)12-14-3-1-2-4-17(14)20/h1-8,13,21H,9-12H2. The van der Waals surface area contributed by atoms with Crippen molar-refractivity contribution in [1.29, 1.82) is 0 Å². The lowest BCUT2D eigenvalue weighted by Crippen LogP contribution is -2.37. The maximum Gasteiger partial charge on any atom is 0.231 e. The molecule has 2 aromatic rings. The molecule has 120 valence electrons. The third-order valence-electron chi connectivity index (χ3n) is 4.10. The summed E-state index contributed by atoms with van der Waals surface area (Å²) in [6, 6.07) is 12.1. The number of hydrogen-bond acceptors (Lipinski definition) is 2. The van der Waals surface area contributed by atoms with Crippen LogP contribution in [0.4, 0.5) is 14.5 Å². The van der Waals surface area contributed by atoms with E-state index in [-0.39, 0.29) is 30.0 Å². The van der Waals surface area contributed by atoms with Gasteiger partial charge in [0.25, 0.3) is 0 Å². The number of anilines is 1. The molecule has 3 nitrogen and oxygen atoms in total. The summed E-state index contributed by atoms with van der Waals surface area (Å²) in [6.45, 7) is 1.55. The van der Waals surface area contributed by atoms with Gasteiger partial charge in [0.1, 0.15) is 11.6 Å². The molecule has 1 fully saturated rings. The van der Waals surface area contributed by atoms with Gasteiger partial charge in [-0.15, -0.1) is 0 Å². The number of nitrogens with zero attached hydrogens (tertiary/aromatic N) is 1. The van der Waals surface area contributed by atoms with Crippen molar-refractivity contribution in [1.82, 2.24) is 5.32 Å². The number of amides is 1. The van der Waals surface area contributed by atoms with Crippen molar-refractivity contribution >= 4 is 11.6 Å². The summed E-state index contributed by atoms with van der Waals surface area (Å²) in [7, 11) is 0. The van der Waals surface area contributed by atoms with Crippen molar-refractivity contribution in [3.8, 4) is 0 Å². The molecule has 3 rings (SSSR count). The van der Waals surface area contributed by atoms with Crippen molar-refractivity contribution in [3.05, 3.63) is 65.7 Å². The third-order valence-corrected chi connectivity index (χ3v) is 4.10. The SMILES string of the molecule is O=C(C1CCNC1)N(Cc1ccccc1F)c1ccc(F)cc1. The second-order valence-corrected chi connectivity index (χ2v) is 5.68. The maximum absolute atomic E-state index is 14.0. The van der Waals surface area contributed by atoms with Crippen LogP contribution in [0, 0.1) is 17.6 Å². The van der Waals surface area contributed by atoms with Crippen molar-refractivity contribution in [2.75, 3.05) is 18.0 Å². The van der Waals surface area contributed by atoms with E-state index < -0.39 is 0 Å². The van der Waals surface area contributed by atoms with Crippen LogP contribution < -0.4 is 10.2 Å². The van der Waals surface area contributed by atoms with Gasteiger partial charge in [-0.1, -0.05) is 18.2 Å². The topological polar surface area (TPSA) is 32.3 Å². The van der Waals surface area contributed by atoms with Crippen LogP contribution in [0.1, 0.15) is 12.0 Å². The Bertz CT molecular complexity index is 682. The van der Waals surface area contributed by atoms with Gasteiger partial charge in [-0.2, -0.15) is 0 Å². The van der Waals surface area contributed by atoms with E-state index in [4.69, 9.17) is 0 Å². The molecule has 1 aliphatic heterocycles. The average Bonchev–Trinajstić information content (AvgIpc) is 3.09. The Morgan fingerprint density at radius 1 is 1.13 bits per heavy atom. The van der Waals surface area contributed by atoms with Crippen LogP contribution >= 0.6 is 0 Å². The molecule has 0 spiro atoms. The predicted octanol–water partition coefficient (Wildman–Crippen LogP) is 3.11. The van der Waals surface area contributed by atoms with E-state index >= 15 is 0 Å². The van der Waals surface area contributed by atoms with Gasteiger partial charge >= 0.3 is 0 Å². The summed E-state index contributed by atoms with van der Waals surface area (Å²) in [5, 5.41) is 3.16. The predicted molar refractivity (Wildman–Crippen MR) is 85.0 cm³/mol. The number of halogens is 2. The molecule has 23 heavy (non-hydrogen) atoms. The number of nitrogens with one attached hydrogen (secondary N) is 1. The van der Waals surface area contributed by atoms with Crippen LogP contribution in [-0.4, -0.2) is 19.0 Å². The van der Waals surface area contributed by atoms with E-state index in [1.807, 2.05) is 0 Å². The molecule has 0 radical (unpaired) electrons. The average molecular weight is 316 g/mol. The molecule has 1 atom stereocenters. The summed E-state index contributed by atoms with van der Waals surface area (Å²) in [4.78, 5) is 14.4. The van der Waals surface area contributed by atoms with E-state index in [0.717, 1.165) is 13.0 Å². The molecule has 1 unspecified atom stereocenters. The van der Waals surface area contributed by atoms with Crippen molar-refractivity contribution in [2.24, 2.45) is 5.92 Å². The fraction of sp³-hybridized carbons (Fsp3) is 0.278. The number of carbonyl (C=O) groups excluding carboxylic acids is 1. The number of carbonyl (C=O) groups is 1. The molecular formula is C18H18F2N2O. The van der Waals surface area contributed by atoms with Crippen LogP contribution in [-0.2, 0) is 11.3 Å². The van der Waals surface area contributed by atoms with Crippen LogP contribution in [0.5, 0.6) is 0 Å². The Labute approximate surface area is 133 Å². The molecular weight excluding hydrogens is 298 g/mol. The highest BCUT2D eigenvalue weighted by Gasteiger charge is 2.28. The fourth-order valence-corrected chi connectivity index (χ4v) is 2.80. The van der Waals surface area contributed by atoms with Gasteiger partial charge in [0.2, 0.25) is 5.91 Å². The Morgan fingerprint density at radius 3 is 2.52 bits per heavy atom. The zero-order valence-corrected chi connectivity index (χ0v) is 12.6. The second kappa shape index (κ2) is 6.87. The summed E-state index contributed by atoms with van der Waals surface area (Å²) >= 11 is 0. The summed E-state index contributed by atoms with van der Waals surface area (Å²) < 4.78 is 27.1. The molecule has 1 aliphatic rings. The molecule has 1 heterocycles. The van der Waals surface area contributed by atoms with Gasteiger partial charge in [-0.3, -0.25) is 4.79 Å². The highest BCUT2D eigenvalue weighted by atomic mass is 19.1. The van der Waals surface area contributed by atoms with E-state index in [1.54, 1.807) is 30.3 Å². The van der Waals surface area contributed by atoms with E-state index in [1.165, 1.54) is 23.1 Å². The van der Waals surface area contributed by atoms with Crippen LogP contribution in [0.2, 0.25) is 0 Å². The fourth-order valence-electron chi connectivity index (χ4n) is 2.80. The van der Waals surface area contributed by atoms with E-state index in [2.05, 4.69) is 5.32 Å². The number of hydrogen-bond donors (Lipinski definition) is 1. The van der Waals surface area contributed by atoms with Gasteiger partial charge in [-0.05, 0) is 43.3 Å². The quantitative estimate of drug-likeness (QED) is 0.940. The monoisotopic (exact) mass is 316 g/mol. The first-order valence-electron chi connectivity index (χ1n) is 7.66. The Kier molecular flexibility index (Phi) is 4.67. The summed E-state index contributed by atoms with van der Waals surface area (Å²) in [5.41, 5.74) is 1.02. The molecule has 0 aliphatic carbocycles. The lowest BCUT2D eigenvalue weighted by Gasteiger charge is -2.26. The number of rotatable bonds is 4. The highest BCUT2D eigenvalue weighted by molar-refractivity contribution is 5.95. The zero-order valence-electron chi connectivity index (χ0n) is 12.6. The maximum atomic E-state index is 14.0. The normalized spacial score (nSPS) is 17.2. The Hall–Kier alpha value is -2.27. The number of benzene rings is 2. The smallest absolute Gasteiger partial charge is 0.231 e. The van der Waals surface area contributed by atoms with Gasteiger partial charge in [0, 0.05) is 17.8 Å². The van der Waals surface area contributed by atoms with Crippen molar-refractivity contribution in [2.45, 2.75) is 13.0 Å². The minimum Gasteiger partial charge on any atom is -0.316 e. The molecule has 2 aromatic carbocycles. The van der Waals surface area contributed by atoms with Gasteiger partial charge < -0.3 is 10.2 Å². The molecule has 0 aromatic heterocycles. The Balaban J connectivity index is 1.90. The minimum absolute atomic E-state index is 0.0649. The molecule has 1 saturated heterocycles. The second-order valence-electron chi connectivity index (χ2n) is 5.68. The van der Waals surface area contributed by atoms with Gasteiger partial charge in [-0.25, -0.2) is 8.78 Å². The lowest BCUT2D eigenvalue weighted by atomic mass is 10.1.